The standard InChI is InChI=1S/C42H47N11O13S/c1-20(55)48-35-29(50-40(43)44)16-33(38(59)60)64-37(35)36(30(58)19-54)65-42(62)47-17-22-18-53(52-51-22)12-4-2-3-11-46-41(67)49-21-5-8-25(28(13-21)39(61)66-45)34-26-9-6-23(56)14-31(26)63-32-15-24(57)7-10-27(32)34/h5-10,13-16,18,29-30,35-37,54,56,58H,2-4,11-12,17,19,45H2,1H3,(H,47,62)(H,48,55)(H,59,60)(H4,43,44,50)(H2,46,49,67)/t29-,30+,35+,36+,37+/m0/s1. The molecule has 354 valence electrons. The number of unbranched alkanes of at least 4 members (excludes halogenated alkanes) is 2. The number of aromatic nitrogens is 3. The van der Waals surface area contributed by atoms with Gasteiger partial charge in [0.05, 0.1) is 37.0 Å². The molecule has 0 unspecified atom stereocenters. The first kappa shape index (κ1) is 48.6. The summed E-state index contributed by atoms with van der Waals surface area (Å²) in [5, 5.41) is 60.3. The highest BCUT2D eigenvalue weighted by atomic mass is 32.1. The molecule has 0 bridgehead atoms. The van der Waals surface area contributed by atoms with E-state index in [9.17, 15) is 44.4 Å². The number of carbonyl (C=O) groups excluding carboxylic acids is 3. The summed E-state index contributed by atoms with van der Waals surface area (Å²) in [6.07, 6.45) is -1.40. The molecule has 14 N–H and O–H groups in total. The molecule has 6 rings (SSSR count). The number of thiocarbonyl (C=S) groups is 1. The summed E-state index contributed by atoms with van der Waals surface area (Å²) in [5.41, 5.74) is 13.5. The fourth-order valence-electron chi connectivity index (χ4n) is 7.30. The minimum absolute atomic E-state index is 0.0519. The second kappa shape index (κ2) is 21.9. The van der Waals surface area contributed by atoms with Crippen LogP contribution in [0.5, 0.6) is 5.75 Å². The molecule has 2 aromatic carbocycles. The molecule has 0 spiro atoms. The van der Waals surface area contributed by atoms with Crippen molar-refractivity contribution in [2.24, 2.45) is 22.4 Å². The van der Waals surface area contributed by atoms with E-state index >= 15 is 0 Å². The molecule has 5 atom stereocenters. The highest BCUT2D eigenvalue weighted by molar-refractivity contribution is 7.80. The summed E-state index contributed by atoms with van der Waals surface area (Å²) < 4.78 is 18.4. The minimum atomic E-state index is -1.80. The van der Waals surface area contributed by atoms with Crippen LogP contribution in [0.25, 0.3) is 33.4 Å². The van der Waals surface area contributed by atoms with Crippen LogP contribution in [-0.2, 0) is 37.0 Å². The van der Waals surface area contributed by atoms with Crippen molar-refractivity contribution >= 4 is 63.9 Å². The average Bonchev–Trinajstić information content (AvgIpc) is 3.75. The van der Waals surface area contributed by atoms with Crippen molar-refractivity contribution in [1.29, 1.82) is 0 Å². The van der Waals surface area contributed by atoms with Crippen LogP contribution < -0.4 is 44.1 Å². The summed E-state index contributed by atoms with van der Waals surface area (Å²) >= 11 is 5.51. The number of benzene rings is 3. The van der Waals surface area contributed by atoms with Crippen LogP contribution in [0.1, 0.15) is 42.2 Å². The van der Waals surface area contributed by atoms with E-state index in [0.29, 0.717) is 59.4 Å². The van der Waals surface area contributed by atoms with E-state index in [1.54, 1.807) is 35.1 Å². The number of carboxylic acids is 1. The number of aliphatic hydroxyl groups is 2. The first-order valence-electron chi connectivity index (χ1n) is 20.4. The molecule has 2 amide bonds. The molecule has 0 saturated carbocycles. The van der Waals surface area contributed by atoms with Gasteiger partial charge in [0.25, 0.3) is 0 Å². The number of amides is 2. The van der Waals surface area contributed by atoms with Gasteiger partial charge in [-0.25, -0.2) is 19.4 Å². The number of anilines is 1. The van der Waals surface area contributed by atoms with Gasteiger partial charge in [0.15, 0.2) is 28.7 Å². The number of aryl methyl sites for hydroxylation is 1. The number of nitrogens with one attached hydrogen (secondary N) is 4. The fourth-order valence-corrected chi connectivity index (χ4v) is 7.52. The molecule has 0 radical (unpaired) electrons. The zero-order valence-corrected chi connectivity index (χ0v) is 36.4. The zero-order chi connectivity index (χ0) is 48.4. The van der Waals surface area contributed by atoms with Crippen molar-refractivity contribution < 1.29 is 58.3 Å². The second-order valence-corrected chi connectivity index (χ2v) is 15.5. The van der Waals surface area contributed by atoms with Crippen LogP contribution >= 0.6 is 12.2 Å². The maximum Gasteiger partial charge on any atom is 0.407 e. The number of carboxylic acid groups (broad SMARTS) is 1. The Kier molecular flexibility index (Phi) is 15.9. The number of aromatic hydroxyl groups is 1. The Morgan fingerprint density at radius 3 is 2.52 bits per heavy atom. The topological polar surface area (TPSA) is 376 Å². The summed E-state index contributed by atoms with van der Waals surface area (Å²) in [6, 6.07) is 11.3. The lowest BCUT2D eigenvalue weighted by Crippen LogP contribution is -2.61. The van der Waals surface area contributed by atoms with Crippen molar-refractivity contribution in [2.45, 2.75) is 69.7 Å². The number of hydrogen-bond acceptors (Lipinski definition) is 17. The smallest absolute Gasteiger partial charge is 0.407 e. The Labute approximate surface area is 385 Å². The van der Waals surface area contributed by atoms with Crippen molar-refractivity contribution in [3.63, 3.8) is 0 Å². The van der Waals surface area contributed by atoms with E-state index in [0.717, 1.165) is 19.4 Å². The van der Waals surface area contributed by atoms with Crippen molar-refractivity contribution in [3.05, 3.63) is 94.1 Å². The average molecular weight is 946 g/mol. The number of alkyl carbamates (subject to hydrolysis) is 1. The summed E-state index contributed by atoms with van der Waals surface area (Å²) in [7, 11) is 0. The Hall–Kier alpha value is -7.87. The van der Waals surface area contributed by atoms with Gasteiger partial charge in [-0.05, 0) is 79.5 Å². The van der Waals surface area contributed by atoms with Crippen molar-refractivity contribution in [3.8, 4) is 28.2 Å². The number of rotatable bonds is 18. The molecule has 24 nitrogen and oxygen atoms in total. The molecule has 2 aliphatic heterocycles. The van der Waals surface area contributed by atoms with Gasteiger partial charge < -0.3 is 71.9 Å². The largest absolute Gasteiger partial charge is 0.508 e. The van der Waals surface area contributed by atoms with Crippen LogP contribution in [0.3, 0.4) is 0 Å². The van der Waals surface area contributed by atoms with Crippen LogP contribution in [0.2, 0.25) is 0 Å². The second-order valence-electron chi connectivity index (χ2n) is 15.1. The first-order chi connectivity index (χ1) is 32.0. The number of phenols is 1. The van der Waals surface area contributed by atoms with Gasteiger partial charge in [-0.2, -0.15) is 5.90 Å². The maximum absolute atomic E-state index is 13.0. The summed E-state index contributed by atoms with van der Waals surface area (Å²) in [6.45, 7) is 1.04. The number of aliphatic imine (C=N–C) groups is 1. The summed E-state index contributed by atoms with van der Waals surface area (Å²) in [5.74, 6) is 1.46. The SMILES string of the molecule is CC(=O)N[C@H]1[C@H]([C@H](OC(=O)NCc2cn(CCCCCNC(=S)Nc3ccc(-c4c5ccc(=O)cc-5oc5cc(O)ccc45)c(C(=O)ON)c3)nn2)[C@H](O)CO)OC(C(=O)O)=C[C@@H]1N=C(N)N. The van der Waals surface area contributed by atoms with Crippen LogP contribution in [0, 0.1) is 0 Å². The Morgan fingerprint density at radius 2 is 1.81 bits per heavy atom. The predicted molar refractivity (Wildman–Crippen MR) is 242 cm³/mol. The van der Waals surface area contributed by atoms with E-state index in [2.05, 4.69) is 41.4 Å². The first-order valence-corrected chi connectivity index (χ1v) is 20.9. The lowest BCUT2D eigenvalue weighted by molar-refractivity contribution is -0.146. The number of guanidine groups is 1. The quantitative estimate of drug-likeness (QED) is 0.0142. The number of aliphatic carboxylic acids is 1. The molecule has 3 aromatic rings. The van der Waals surface area contributed by atoms with Gasteiger partial charge in [0, 0.05) is 54.3 Å². The van der Waals surface area contributed by atoms with Crippen molar-refractivity contribution in [1.82, 2.24) is 30.9 Å². The van der Waals surface area contributed by atoms with Crippen LogP contribution in [-0.4, -0.2) is 114 Å². The van der Waals surface area contributed by atoms with E-state index in [1.165, 1.54) is 30.3 Å². The number of fused-ring (bicyclic) bond motifs is 2. The lowest BCUT2D eigenvalue weighted by atomic mass is 9.90. The Morgan fingerprint density at radius 1 is 1.03 bits per heavy atom. The van der Waals surface area contributed by atoms with E-state index in [1.807, 2.05) is 0 Å². The van der Waals surface area contributed by atoms with Gasteiger partial charge in [-0.3, -0.25) is 14.3 Å². The summed E-state index contributed by atoms with van der Waals surface area (Å²) in [4.78, 5) is 70.7. The molecule has 1 aliphatic carbocycles. The number of hydrogen-bond donors (Lipinski definition) is 11. The molecule has 3 aliphatic rings. The number of nitrogens with two attached hydrogens (primary N) is 3. The van der Waals surface area contributed by atoms with Gasteiger partial charge in [0.1, 0.15) is 28.9 Å². The Balaban J connectivity index is 0.990. The molecule has 0 fully saturated rings. The van der Waals surface area contributed by atoms with Crippen LogP contribution in [0.15, 0.2) is 86.8 Å². The fraction of sp³-hybridized carbons (Fsp3) is 0.310. The monoisotopic (exact) mass is 945 g/mol. The van der Waals surface area contributed by atoms with Crippen LogP contribution in [0.4, 0.5) is 10.5 Å². The molecular weight excluding hydrogens is 899 g/mol. The molecule has 0 saturated heterocycles. The normalized spacial score (nSPS) is 16.4. The van der Waals surface area contributed by atoms with E-state index in [-0.39, 0.29) is 39.7 Å². The third kappa shape index (κ3) is 12.3. The molecule has 67 heavy (non-hydrogen) atoms. The van der Waals surface area contributed by atoms with Gasteiger partial charge >= 0.3 is 18.0 Å². The number of aliphatic hydroxyl groups excluding tert-OH is 2. The van der Waals surface area contributed by atoms with E-state index in [4.69, 9.17) is 43.5 Å². The van der Waals surface area contributed by atoms with Gasteiger partial charge in [-0.15, -0.1) is 5.10 Å². The molecule has 25 heteroatoms. The number of phenolic OH excluding ortho intramolecular Hbond substituents is 1. The van der Waals surface area contributed by atoms with Gasteiger partial charge in [0.2, 0.25) is 11.7 Å². The number of carbonyl (C=O) groups is 4. The lowest BCUT2D eigenvalue weighted by Gasteiger charge is -2.39. The molecule has 1 aromatic heterocycles. The maximum atomic E-state index is 13.0. The molecule has 3 heterocycles. The minimum Gasteiger partial charge on any atom is -0.508 e. The van der Waals surface area contributed by atoms with Gasteiger partial charge in [-0.1, -0.05) is 11.3 Å². The third-order valence-corrected chi connectivity index (χ3v) is 10.5. The highest BCUT2D eigenvalue weighted by Crippen LogP contribution is 2.42. The van der Waals surface area contributed by atoms with Crippen molar-refractivity contribution in [2.75, 3.05) is 18.5 Å². The number of nitrogens with zero attached hydrogens (tertiary/aromatic N) is 4. The Bertz CT molecular complexity index is 2740. The molecular formula is C42H47N11O13S. The third-order valence-electron chi connectivity index (χ3n) is 10.2. The zero-order valence-electron chi connectivity index (χ0n) is 35.6. The highest BCUT2D eigenvalue weighted by Gasteiger charge is 2.46. The van der Waals surface area contributed by atoms with E-state index < -0.39 is 72.7 Å². The number of ether oxygens (including phenoxy) is 2. The predicted octanol–water partition coefficient (Wildman–Crippen LogP) is 0.511.